The van der Waals surface area contributed by atoms with Gasteiger partial charge in [0.05, 0.1) is 10.6 Å². The maximum absolute atomic E-state index is 12.9. The van der Waals surface area contributed by atoms with Crippen molar-refractivity contribution in [2.75, 3.05) is 6.16 Å². The first-order chi connectivity index (χ1) is 12.3. The summed E-state index contributed by atoms with van der Waals surface area (Å²) in [5.41, 5.74) is -5.42. The zero-order chi connectivity index (χ0) is 18.8. The third-order valence-electron chi connectivity index (χ3n) is 4.66. The lowest BCUT2D eigenvalue weighted by Crippen LogP contribution is -2.43. The molecule has 0 N–H and O–H groups in total. The van der Waals surface area contributed by atoms with E-state index in [1.54, 1.807) is 0 Å². The van der Waals surface area contributed by atoms with Crippen LogP contribution in [0.2, 0.25) is 6.32 Å². The van der Waals surface area contributed by atoms with Crippen molar-refractivity contribution < 1.29 is 25.7 Å². The van der Waals surface area contributed by atoms with Crippen molar-refractivity contribution in [2.45, 2.75) is 24.7 Å². The fraction of sp³-hybridized carbons (Fsp3) is 0.294. The normalized spacial score (nSPS) is 18.6. The maximum atomic E-state index is 12.9. The Bertz CT molecular complexity index is 805. The molecule has 9 heteroatoms. The number of benzene rings is 2. The van der Waals surface area contributed by atoms with Crippen LogP contribution in [0.25, 0.3) is 0 Å². The maximum Gasteiger partial charge on any atom is 0.519 e. The molecule has 0 unspecified atom stereocenters. The van der Waals surface area contributed by atoms with Crippen LogP contribution in [0, 0.1) is 0 Å². The Labute approximate surface area is 152 Å². The lowest BCUT2D eigenvalue weighted by atomic mass is 9.89. The van der Waals surface area contributed by atoms with Gasteiger partial charge in [0.25, 0.3) is 0 Å². The molecule has 1 fully saturated rings. The highest BCUT2D eigenvalue weighted by Gasteiger charge is 2.52. The third kappa shape index (κ3) is 3.55. The van der Waals surface area contributed by atoms with Gasteiger partial charge in [-0.05, 0) is 30.7 Å². The van der Waals surface area contributed by atoms with Gasteiger partial charge in [-0.15, -0.1) is 6.32 Å². The van der Waals surface area contributed by atoms with Gasteiger partial charge in [-0.25, -0.2) is 0 Å². The van der Waals surface area contributed by atoms with Crippen molar-refractivity contribution in [3.05, 3.63) is 60.7 Å². The van der Waals surface area contributed by atoms with Crippen molar-refractivity contribution in [1.82, 2.24) is 0 Å². The van der Waals surface area contributed by atoms with Crippen LogP contribution in [0.5, 0.6) is 0 Å². The molecule has 0 aliphatic carbocycles. The van der Waals surface area contributed by atoms with Crippen molar-refractivity contribution in [2.24, 2.45) is 0 Å². The van der Waals surface area contributed by atoms with Crippen molar-refractivity contribution in [1.29, 1.82) is 0 Å². The van der Waals surface area contributed by atoms with E-state index in [1.807, 2.05) is 60.7 Å². The van der Waals surface area contributed by atoms with Gasteiger partial charge in [-0.2, -0.15) is 21.6 Å². The predicted molar refractivity (Wildman–Crippen MR) is 99.8 cm³/mol. The third-order valence-corrected chi connectivity index (χ3v) is 10.7. The largest absolute Gasteiger partial charge is 0.519 e. The Hall–Kier alpha value is -1.37. The van der Waals surface area contributed by atoms with Gasteiger partial charge in [0.1, 0.15) is 0 Å². The van der Waals surface area contributed by atoms with E-state index in [2.05, 4.69) is 0 Å². The Balaban J connectivity index is 2.15. The zero-order valence-electron chi connectivity index (χ0n) is 13.9. The van der Waals surface area contributed by atoms with Crippen LogP contribution in [0.3, 0.4) is 0 Å². The van der Waals surface area contributed by atoms with Crippen LogP contribution in [0.15, 0.2) is 60.7 Å². The van der Waals surface area contributed by atoms with Gasteiger partial charge >= 0.3 is 15.6 Å². The molecule has 2 aromatic carbocycles. The second kappa shape index (κ2) is 7.33. The molecule has 0 atom stereocenters. The molecule has 3 rings (SSSR count). The molecule has 0 spiro atoms. The van der Waals surface area contributed by atoms with E-state index in [-0.39, 0.29) is 6.32 Å². The molecule has 0 saturated carbocycles. The fourth-order valence-electron chi connectivity index (χ4n) is 3.49. The fourth-order valence-corrected chi connectivity index (χ4v) is 9.44. The molecular formula is C17H18BF3O3PS. The first kappa shape index (κ1) is 19.4. The van der Waals surface area contributed by atoms with Crippen molar-refractivity contribution in [3.8, 4) is 0 Å². The van der Waals surface area contributed by atoms with Crippen LogP contribution >= 0.6 is 7.14 Å². The van der Waals surface area contributed by atoms with Crippen LogP contribution in [-0.2, 0) is 14.2 Å². The minimum absolute atomic E-state index is 0.285. The zero-order valence-corrected chi connectivity index (χ0v) is 15.6. The number of halogens is 3. The lowest BCUT2D eigenvalue weighted by molar-refractivity contribution is -0.0500. The van der Waals surface area contributed by atoms with Gasteiger partial charge in [0, 0.05) is 6.16 Å². The molecule has 1 aliphatic rings. The summed E-state index contributed by atoms with van der Waals surface area (Å²) in [6.45, 7) is -1.01. The van der Waals surface area contributed by atoms with Crippen LogP contribution < -0.4 is 10.6 Å². The van der Waals surface area contributed by atoms with E-state index in [0.717, 1.165) is 17.0 Å². The predicted octanol–water partition coefficient (Wildman–Crippen LogP) is 3.80. The second-order valence-electron chi connectivity index (χ2n) is 6.21. The Kier molecular flexibility index (Phi) is 5.47. The molecule has 1 heterocycles. The van der Waals surface area contributed by atoms with Gasteiger partial charge in [0.15, 0.2) is 0 Å². The first-order valence-electron chi connectivity index (χ1n) is 8.26. The van der Waals surface area contributed by atoms with Crippen LogP contribution in [0.1, 0.15) is 12.8 Å². The molecule has 0 aromatic heterocycles. The standard InChI is InChI=1S/C17H18BF3O3PS/c19-17(20,21)26(22,23)24-18-13-7-8-14-25(18,15-9-3-1-4-10-15)16-11-5-2-6-12-16/h1-6,9-12H,7-8,13-14H2. The molecule has 3 nitrogen and oxygen atoms in total. The monoisotopic (exact) mass is 401 g/mol. The van der Waals surface area contributed by atoms with Gasteiger partial charge in [-0.3, -0.25) is 0 Å². The van der Waals surface area contributed by atoms with Gasteiger partial charge in [0.2, 0.25) is 6.64 Å². The molecule has 1 saturated heterocycles. The highest BCUT2D eigenvalue weighted by Crippen LogP contribution is 2.63. The summed E-state index contributed by atoms with van der Waals surface area (Å²) in [7, 11) is -8.13. The Morgan fingerprint density at radius 1 is 0.885 bits per heavy atom. The van der Waals surface area contributed by atoms with Crippen molar-refractivity contribution in [3.63, 3.8) is 0 Å². The summed E-state index contributed by atoms with van der Waals surface area (Å²) < 4.78 is 67.2. The quantitative estimate of drug-likeness (QED) is 0.445. The molecule has 1 aliphatic heterocycles. The molecule has 0 amide bonds. The van der Waals surface area contributed by atoms with E-state index >= 15 is 0 Å². The molecule has 2 aromatic rings. The van der Waals surface area contributed by atoms with E-state index in [1.165, 1.54) is 0 Å². The molecule has 139 valence electrons. The summed E-state index contributed by atoms with van der Waals surface area (Å²) in [5.74, 6) is 0. The van der Waals surface area contributed by atoms with E-state index in [9.17, 15) is 21.6 Å². The van der Waals surface area contributed by atoms with E-state index in [0.29, 0.717) is 12.6 Å². The topological polar surface area (TPSA) is 43.4 Å². The summed E-state index contributed by atoms with van der Waals surface area (Å²) in [6, 6.07) is 18.4. The highest BCUT2D eigenvalue weighted by molar-refractivity contribution is 8.14. The molecule has 0 bridgehead atoms. The smallest absolute Gasteiger partial charge is 0.462 e. The SMILES string of the molecule is O=S(=O)(O[B-]1CCCC[P+]1(c1ccccc1)c1ccccc1)C(F)(F)F. The summed E-state index contributed by atoms with van der Waals surface area (Å²) >= 11 is 0. The van der Waals surface area contributed by atoms with Crippen LogP contribution in [-0.4, -0.2) is 26.7 Å². The van der Waals surface area contributed by atoms with Crippen LogP contribution in [0.4, 0.5) is 13.2 Å². The van der Waals surface area contributed by atoms with Crippen molar-refractivity contribution >= 4 is 34.5 Å². The molecular weight excluding hydrogens is 383 g/mol. The lowest BCUT2D eigenvalue weighted by Gasteiger charge is -2.45. The molecule has 1 radical (unpaired) electrons. The van der Waals surface area contributed by atoms with E-state index < -0.39 is 29.4 Å². The Morgan fingerprint density at radius 2 is 1.38 bits per heavy atom. The Morgan fingerprint density at radius 3 is 1.85 bits per heavy atom. The minimum atomic E-state index is -5.66. The average Bonchev–Trinajstić information content (AvgIpc) is 2.62. The molecule has 26 heavy (non-hydrogen) atoms. The number of hydrogen-bond acceptors (Lipinski definition) is 3. The average molecular weight is 401 g/mol. The summed E-state index contributed by atoms with van der Waals surface area (Å²) in [6.07, 6.45) is 2.37. The highest BCUT2D eigenvalue weighted by atomic mass is 32.2. The summed E-state index contributed by atoms with van der Waals surface area (Å²) in [5, 5.41) is 1.74. The number of rotatable bonds is 4. The summed E-state index contributed by atoms with van der Waals surface area (Å²) in [4.78, 5) is 0. The van der Waals surface area contributed by atoms with Gasteiger partial charge in [-0.1, -0.05) is 50.0 Å². The van der Waals surface area contributed by atoms with Gasteiger partial charge < -0.3 is 4.10 Å². The number of hydrogen-bond donors (Lipinski definition) is 0. The first-order valence-corrected chi connectivity index (χ1v) is 11.7. The minimum Gasteiger partial charge on any atom is -0.462 e. The van der Waals surface area contributed by atoms with E-state index in [4.69, 9.17) is 4.10 Å². The second-order valence-corrected chi connectivity index (χ2v) is 11.6. The number of alkyl halides is 3.